The molecule has 3 heteroatoms. The molecule has 0 fully saturated rings. The highest BCUT2D eigenvalue weighted by Gasteiger charge is 2.12. The molecule has 1 unspecified atom stereocenters. The second kappa shape index (κ2) is 7.80. The van der Waals surface area contributed by atoms with E-state index in [1.807, 2.05) is 56.3 Å². The summed E-state index contributed by atoms with van der Waals surface area (Å²) in [4.78, 5) is 0. The van der Waals surface area contributed by atoms with Gasteiger partial charge in [0.1, 0.15) is 18.2 Å². The summed E-state index contributed by atoms with van der Waals surface area (Å²) in [6.07, 6.45) is 0. The third-order valence-electron chi connectivity index (χ3n) is 4.04. The van der Waals surface area contributed by atoms with Gasteiger partial charge in [0.25, 0.3) is 0 Å². The summed E-state index contributed by atoms with van der Waals surface area (Å²) < 4.78 is 20.4. The minimum atomic E-state index is -0.147. The van der Waals surface area contributed by atoms with Crippen LogP contribution in [0.4, 0.5) is 4.39 Å². The maximum Gasteiger partial charge on any atom is 0.131 e. The molecule has 0 aromatic heterocycles. The van der Waals surface area contributed by atoms with E-state index in [9.17, 15) is 4.39 Å². The Morgan fingerprint density at radius 2 is 1.60 bits per heavy atom. The number of halogens is 1. The average molecular weight is 352 g/mol. The van der Waals surface area contributed by atoms with E-state index in [4.69, 9.17) is 4.74 Å². The molecule has 0 aliphatic heterocycles. The van der Waals surface area contributed by atoms with E-state index in [1.54, 1.807) is 6.07 Å². The largest absolute Gasteiger partial charge is 0.488 e. The molecule has 0 saturated carbocycles. The third-order valence-corrected chi connectivity index (χ3v) is 5.35. The van der Waals surface area contributed by atoms with E-state index in [2.05, 4.69) is 19.1 Å². The Morgan fingerprint density at radius 3 is 2.32 bits per heavy atom. The normalized spacial score (nSPS) is 11.2. The molecule has 25 heavy (non-hydrogen) atoms. The van der Waals surface area contributed by atoms with Gasteiger partial charge in [0.05, 0.1) is 0 Å². The Hall–Kier alpha value is -2.18. The molecule has 0 heterocycles. The molecule has 3 aromatic rings. The highest BCUT2D eigenvalue weighted by Crippen LogP contribution is 2.26. The number of benzene rings is 3. The van der Waals surface area contributed by atoms with E-state index < -0.39 is 0 Å². The van der Waals surface area contributed by atoms with Crippen LogP contribution in [0.1, 0.15) is 22.3 Å². The zero-order chi connectivity index (χ0) is 17.8. The highest BCUT2D eigenvalue weighted by atomic mass is 31.1. The molecule has 3 aromatic carbocycles. The minimum Gasteiger partial charge on any atom is -0.488 e. The van der Waals surface area contributed by atoms with Crippen LogP contribution in [0.15, 0.2) is 60.7 Å². The van der Waals surface area contributed by atoms with Crippen molar-refractivity contribution in [3.8, 4) is 5.75 Å². The summed E-state index contributed by atoms with van der Waals surface area (Å²) in [7, 11) is 0.231. The summed E-state index contributed by atoms with van der Waals surface area (Å²) in [5.74, 6) is 0.722. The maximum absolute atomic E-state index is 14.3. The van der Waals surface area contributed by atoms with Crippen molar-refractivity contribution in [3.05, 3.63) is 88.7 Å². The molecule has 128 valence electrons. The van der Waals surface area contributed by atoms with E-state index in [0.717, 1.165) is 33.0 Å². The van der Waals surface area contributed by atoms with Crippen molar-refractivity contribution in [2.75, 3.05) is 0 Å². The summed E-state index contributed by atoms with van der Waals surface area (Å²) in [6.45, 7) is 6.53. The summed E-state index contributed by atoms with van der Waals surface area (Å²) in [6, 6.07) is 19.7. The molecule has 0 spiro atoms. The molecule has 3 rings (SSSR count). The van der Waals surface area contributed by atoms with Crippen LogP contribution in [0.25, 0.3) is 0 Å². The molecule has 0 aliphatic carbocycles. The van der Waals surface area contributed by atoms with Gasteiger partial charge in [0, 0.05) is 10.6 Å². The van der Waals surface area contributed by atoms with E-state index in [-0.39, 0.29) is 14.4 Å². The molecular formula is C22H22FOP. The lowest BCUT2D eigenvalue weighted by molar-refractivity contribution is 0.307. The standard InChI is InChI=1S/C22H22FOP/c1-15-9-10-20(19(23)12-15)25-21-13-16(2)11-17(3)22(21)24-14-18-7-5-4-6-8-18/h4-13,25H,14H2,1-3H3. The van der Waals surface area contributed by atoms with Gasteiger partial charge in [-0.2, -0.15) is 0 Å². The van der Waals surface area contributed by atoms with Crippen molar-refractivity contribution in [1.82, 2.24) is 0 Å². The van der Waals surface area contributed by atoms with Crippen molar-refractivity contribution in [3.63, 3.8) is 0 Å². The number of rotatable bonds is 5. The molecule has 0 amide bonds. The van der Waals surface area contributed by atoms with Crippen LogP contribution in [-0.4, -0.2) is 0 Å². The van der Waals surface area contributed by atoms with Crippen LogP contribution in [0.2, 0.25) is 0 Å². The Morgan fingerprint density at radius 1 is 0.840 bits per heavy atom. The predicted molar refractivity (Wildman–Crippen MR) is 105 cm³/mol. The van der Waals surface area contributed by atoms with Gasteiger partial charge in [-0.15, -0.1) is 0 Å². The number of hydrogen-bond acceptors (Lipinski definition) is 1. The molecule has 0 bridgehead atoms. The van der Waals surface area contributed by atoms with Gasteiger partial charge < -0.3 is 4.74 Å². The van der Waals surface area contributed by atoms with E-state index in [0.29, 0.717) is 6.61 Å². The average Bonchev–Trinajstić information content (AvgIpc) is 2.57. The quantitative estimate of drug-likeness (QED) is 0.590. The topological polar surface area (TPSA) is 9.23 Å². The van der Waals surface area contributed by atoms with Gasteiger partial charge >= 0.3 is 0 Å². The van der Waals surface area contributed by atoms with Crippen LogP contribution < -0.4 is 15.3 Å². The van der Waals surface area contributed by atoms with Gasteiger partial charge in [-0.25, -0.2) is 4.39 Å². The summed E-state index contributed by atoms with van der Waals surface area (Å²) >= 11 is 0. The van der Waals surface area contributed by atoms with Gasteiger partial charge in [-0.1, -0.05) is 57.1 Å². The van der Waals surface area contributed by atoms with Gasteiger partial charge in [-0.05, 0) is 55.2 Å². The van der Waals surface area contributed by atoms with Gasteiger partial charge in [0.2, 0.25) is 0 Å². The Bertz CT molecular complexity index is 875. The van der Waals surface area contributed by atoms with Crippen molar-refractivity contribution < 1.29 is 9.13 Å². The third kappa shape index (κ3) is 4.46. The van der Waals surface area contributed by atoms with Crippen molar-refractivity contribution in [2.45, 2.75) is 27.4 Å². The van der Waals surface area contributed by atoms with E-state index in [1.165, 1.54) is 5.56 Å². The zero-order valence-electron chi connectivity index (χ0n) is 14.8. The first kappa shape index (κ1) is 17.6. The first-order chi connectivity index (χ1) is 12.0. The first-order valence-electron chi connectivity index (χ1n) is 8.34. The predicted octanol–water partition coefficient (Wildman–Crippen LogP) is 4.96. The lowest BCUT2D eigenvalue weighted by Crippen LogP contribution is -2.13. The summed E-state index contributed by atoms with van der Waals surface area (Å²) in [5, 5.41) is 1.77. The van der Waals surface area contributed by atoms with Crippen LogP contribution in [-0.2, 0) is 6.61 Å². The fourth-order valence-electron chi connectivity index (χ4n) is 2.84. The monoisotopic (exact) mass is 352 g/mol. The van der Waals surface area contributed by atoms with Crippen molar-refractivity contribution in [1.29, 1.82) is 0 Å². The molecular weight excluding hydrogens is 330 g/mol. The summed E-state index contributed by atoms with van der Waals surface area (Å²) in [5.41, 5.74) is 4.32. The maximum atomic E-state index is 14.3. The molecule has 0 N–H and O–H groups in total. The van der Waals surface area contributed by atoms with Gasteiger partial charge in [0.15, 0.2) is 0 Å². The van der Waals surface area contributed by atoms with Crippen LogP contribution in [0, 0.1) is 26.6 Å². The number of aryl methyl sites for hydroxylation is 3. The second-order valence-electron chi connectivity index (χ2n) is 6.34. The zero-order valence-corrected chi connectivity index (χ0v) is 15.8. The Balaban J connectivity index is 1.89. The molecule has 1 nitrogen and oxygen atoms in total. The minimum absolute atomic E-state index is 0.147. The lowest BCUT2D eigenvalue weighted by Gasteiger charge is -2.16. The van der Waals surface area contributed by atoms with Crippen LogP contribution >= 0.6 is 8.58 Å². The Kier molecular flexibility index (Phi) is 5.50. The lowest BCUT2D eigenvalue weighted by atomic mass is 10.1. The van der Waals surface area contributed by atoms with Crippen molar-refractivity contribution in [2.24, 2.45) is 0 Å². The Labute approximate surface area is 150 Å². The molecule has 1 atom stereocenters. The molecule has 0 aliphatic rings. The fourth-order valence-corrected chi connectivity index (χ4v) is 4.17. The smallest absolute Gasteiger partial charge is 0.131 e. The van der Waals surface area contributed by atoms with Crippen LogP contribution in [0.3, 0.4) is 0 Å². The fraction of sp³-hybridized carbons (Fsp3) is 0.182. The number of ether oxygens (including phenoxy) is 1. The van der Waals surface area contributed by atoms with Gasteiger partial charge in [-0.3, -0.25) is 0 Å². The second-order valence-corrected chi connectivity index (χ2v) is 7.67. The highest BCUT2D eigenvalue weighted by molar-refractivity contribution is 7.55. The molecule has 0 saturated heterocycles. The van der Waals surface area contributed by atoms with Crippen molar-refractivity contribution >= 4 is 19.2 Å². The number of hydrogen-bond donors (Lipinski definition) is 0. The van der Waals surface area contributed by atoms with E-state index >= 15 is 0 Å². The SMILES string of the molecule is Cc1ccc(Pc2cc(C)cc(C)c2OCc2ccccc2)c(F)c1. The van der Waals surface area contributed by atoms with Crippen LogP contribution in [0.5, 0.6) is 5.75 Å². The first-order valence-corrected chi connectivity index (χ1v) is 9.34. The molecule has 0 radical (unpaired) electrons.